The number of benzene rings is 22. The number of nitrogens with zero attached hydrogens (tertiary/aromatic N) is 3. The fraction of sp³-hybridized carbons (Fsp3) is 0. The van der Waals surface area contributed by atoms with Crippen molar-refractivity contribution in [2.75, 3.05) is 14.7 Å². The molecule has 0 atom stereocenters. The summed E-state index contributed by atoms with van der Waals surface area (Å²) in [5.74, 6) is 0. The lowest BCUT2D eigenvalue weighted by atomic mass is 9.96. The fourth-order valence-corrected chi connectivity index (χ4v) is 19.3. The lowest BCUT2D eigenvalue weighted by molar-refractivity contribution is 1.29. The predicted molar refractivity (Wildman–Crippen MR) is 558 cm³/mol. The molecule has 0 fully saturated rings. The summed E-state index contributed by atoms with van der Waals surface area (Å²) in [7, 11) is 0. The first-order chi connectivity index (χ1) is 64.4. The van der Waals surface area contributed by atoms with E-state index in [1.807, 2.05) is 11.3 Å². The van der Waals surface area contributed by atoms with Gasteiger partial charge in [0.05, 0.1) is 0 Å². The second kappa shape index (κ2) is 37.2. The lowest BCUT2D eigenvalue weighted by Crippen LogP contribution is -2.10. The minimum atomic E-state index is 1.11. The second-order valence-corrected chi connectivity index (χ2v) is 33.8. The van der Waals surface area contributed by atoms with Crippen LogP contribution in [0.3, 0.4) is 0 Å². The van der Waals surface area contributed by atoms with E-state index >= 15 is 0 Å². The highest BCUT2D eigenvalue weighted by Gasteiger charge is 2.23. The largest absolute Gasteiger partial charge is 0.310 e. The molecule has 0 amide bonds. The zero-order valence-electron chi connectivity index (χ0n) is 71.6. The van der Waals surface area contributed by atoms with Crippen LogP contribution in [0.15, 0.2) is 540 Å². The Labute approximate surface area is 764 Å². The molecule has 614 valence electrons. The number of rotatable bonds is 18. The van der Waals surface area contributed by atoms with E-state index in [2.05, 4.69) is 555 Å². The molecule has 0 spiro atoms. The molecule has 1 aromatic heterocycles. The summed E-state index contributed by atoms with van der Waals surface area (Å²) in [4.78, 5) is 7.16. The van der Waals surface area contributed by atoms with Crippen LogP contribution in [0.4, 0.5) is 51.2 Å². The van der Waals surface area contributed by atoms with Gasteiger partial charge < -0.3 is 14.7 Å². The van der Waals surface area contributed by atoms with Gasteiger partial charge in [0.15, 0.2) is 0 Å². The average Bonchev–Trinajstić information content (AvgIpc) is 1.09. The number of hydrogen-bond donors (Lipinski definition) is 0. The zero-order valence-corrected chi connectivity index (χ0v) is 72.5. The van der Waals surface area contributed by atoms with Crippen molar-refractivity contribution in [2.45, 2.75) is 0 Å². The molecule has 0 aliphatic heterocycles. The Balaban J connectivity index is 0.000000118. The first-order valence-corrected chi connectivity index (χ1v) is 45.2. The molecule has 1 heterocycles. The molecule has 4 heteroatoms. The molecule has 23 aromatic rings. The van der Waals surface area contributed by atoms with Gasteiger partial charge >= 0.3 is 0 Å². The monoisotopic (exact) mass is 1680 g/mol. The maximum Gasteiger partial charge on any atom is 0.0476 e. The van der Waals surface area contributed by atoms with Gasteiger partial charge in [0.25, 0.3) is 0 Å². The number of hydrogen-bond acceptors (Lipinski definition) is 4. The molecule has 130 heavy (non-hydrogen) atoms. The Kier molecular flexibility index (Phi) is 23.0. The first-order valence-electron chi connectivity index (χ1n) is 44.4. The summed E-state index contributed by atoms with van der Waals surface area (Å²) in [6.45, 7) is 0. The van der Waals surface area contributed by atoms with Crippen LogP contribution < -0.4 is 14.7 Å². The Morgan fingerprint density at radius 1 is 0.115 bits per heavy atom. The van der Waals surface area contributed by atoms with Crippen molar-refractivity contribution in [3.8, 4) is 100 Å². The minimum Gasteiger partial charge on any atom is -0.310 e. The van der Waals surface area contributed by atoms with Crippen molar-refractivity contribution in [2.24, 2.45) is 0 Å². The van der Waals surface area contributed by atoms with Crippen LogP contribution in [0.25, 0.3) is 153 Å². The molecule has 0 aliphatic carbocycles. The van der Waals surface area contributed by atoms with Gasteiger partial charge in [-0.1, -0.05) is 419 Å². The minimum absolute atomic E-state index is 1.11. The van der Waals surface area contributed by atoms with E-state index in [1.165, 1.54) is 153 Å². The van der Waals surface area contributed by atoms with Crippen molar-refractivity contribution < 1.29 is 0 Å². The van der Waals surface area contributed by atoms with Crippen LogP contribution in [0.1, 0.15) is 0 Å². The highest BCUT2D eigenvalue weighted by Crippen LogP contribution is 2.48. The summed E-state index contributed by atoms with van der Waals surface area (Å²) < 4.78 is 2.61. The number of thiophene rings is 1. The summed E-state index contributed by atoms with van der Waals surface area (Å²) in [5, 5.41) is 10.0. The smallest absolute Gasteiger partial charge is 0.0476 e. The van der Waals surface area contributed by atoms with Crippen molar-refractivity contribution in [3.63, 3.8) is 0 Å². The third kappa shape index (κ3) is 17.2. The number of fused-ring (bicyclic) bond motifs is 6. The van der Waals surface area contributed by atoms with E-state index in [9.17, 15) is 0 Å². The Morgan fingerprint density at radius 3 is 0.692 bits per heavy atom. The number of anilines is 9. The van der Waals surface area contributed by atoms with Gasteiger partial charge in [0.1, 0.15) is 0 Å². The van der Waals surface area contributed by atoms with Crippen molar-refractivity contribution >= 4 is 115 Å². The van der Waals surface area contributed by atoms with Crippen LogP contribution in [0.2, 0.25) is 0 Å². The highest BCUT2D eigenvalue weighted by molar-refractivity contribution is 7.25. The second-order valence-electron chi connectivity index (χ2n) is 32.7. The average molecular weight is 1680 g/mol. The summed E-state index contributed by atoms with van der Waals surface area (Å²) in [6.07, 6.45) is 0. The summed E-state index contributed by atoms with van der Waals surface area (Å²) in [6, 6.07) is 194. The maximum atomic E-state index is 2.40. The van der Waals surface area contributed by atoms with Gasteiger partial charge in [0, 0.05) is 71.4 Å². The Bertz CT molecular complexity index is 7850. The van der Waals surface area contributed by atoms with Crippen LogP contribution in [0, 0.1) is 0 Å². The third-order valence-corrected chi connectivity index (χ3v) is 25.6. The van der Waals surface area contributed by atoms with E-state index < -0.39 is 0 Å². The third-order valence-electron chi connectivity index (χ3n) is 24.5. The molecule has 0 unspecified atom stereocenters. The molecule has 0 radical (unpaired) electrons. The van der Waals surface area contributed by atoms with E-state index in [4.69, 9.17) is 0 Å². The quantitative estimate of drug-likeness (QED) is 0.0848. The predicted octanol–water partition coefficient (Wildman–Crippen LogP) is 36.3. The maximum absolute atomic E-state index is 2.40. The summed E-state index contributed by atoms with van der Waals surface area (Å²) in [5.41, 5.74) is 31.9. The van der Waals surface area contributed by atoms with Gasteiger partial charge in [-0.15, -0.1) is 11.3 Å². The topological polar surface area (TPSA) is 9.72 Å². The molecule has 0 bridgehead atoms. The van der Waals surface area contributed by atoms with Crippen molar-refractivity contribution in [1.82, 2.24) is 0 Å². The molecule has 0 aliphatic rings. The van der Waals surface area contributed by atoms with Gasteiger partial charge in [-0.2, -0.15) is 0 Å². The summed E-state index contributed by atoms with van der Waals surface area (Å²) >= 11 is 1.86. The SMILES string of the molecule is c1ccc(-c2ccc(N(c3cc(-c4ccccc4)c4ccccc4c3)c3ccc4c(c3)sc3ccccc34)cc2)cc1.c1ccc(-c2ccc(N(c3cccc(-c4cccc(-c5ccccc5)c4)c3)c3cc(-c4ccccc4)c4ccccc4c3)cc2)cc1.c1ccc(-c2ccc(N(c3cccc(-c4ccccc4)c3)c3cc(-c4ccccc4)c4ccccc4c3)cc2)cc1. The van der Waals surface area contributed by atoms with E-state index in [1.54, 1.807) is 0 Å². The van der Waals surface area contributed by atoms with Gasteiger partial charge in [0.2, 0.25) is 0 Å². The van der Waals surface area contributed by atoms with Crippen molar-refractivity contribution in [3.05, 3.63) is 540 Å². The Hall–Kier alpha value is -16.8. The van der Waals surface area contributed by atoms with E-state index in [-0.39, 0.29) is 0 Å². The molecule has 0 saturated carbocycles. The standard InChI is InChI=1S/C46H33N.C40H27NS.C40H29N/c1-4-14-34(15-5-1)36-26-28-42(29-27-36)47(44-32-41-20-10-11-25-45(41)46(33-44)37-18-8-3-9-19-37)43-24-13-23-40(31-43)39-22-12-21-38(30-39)35-16-6-2-7-17-35;1-3-11-28(12-4-1)29-19-21-32(22-20-29)41(33-23-24-37-36-17-9-10-18-39(36)42-40(37)27-33)34-25-31-15-7-8-16-35(31)38(26-34)30-13-5-2-6-14-30;1-4-13-30(14-5-1)32-23-25-36(26-24-32)41(37-21-12-20-34(27-37)31-15-6-2-7-16-31)38-28-35-19-10-11-22-39(35)40(29-38)33-17-8-3-9-18-33/h1-33H;1-27H;1-29H. The zero-order chi connectivity index (χ0) is 86.7. The van der Waals surface area contributed by atoms with E-state index in [0.717, 1.165) is 51.2 Å². The molecule has 0 N–H and O–H groups in total. The van der Waals surface area contributed by atoms with Crippen LogP contribution in [-0.2, 0) is 0 Å². The van der Waals surface area contributed by atoms with Gasteiger partial charge in [-0.05, 0) is 254 Å². The Morgan fingerprint density at radius 2 is 0.346 bits per heavy atom. The molecule has 3 nitrogen and oxygen atoms in total. The van der Waals surface area contributed by atoms with Gasteiger partial charge in [-0.3, -0.25) is 0 Å². The normalized spacial score (nSPS) is 11.1. The molecular weight excluding hydrogens is 1590 g/mol. The molecule has 23 rings (SSSR count). The molecular formula is C126H89N3S. The molecule has 0 saturated heterocycles. The molecule has 22 aromatic carbocycles. The first kappa shape index (κ1) is 80.4. The fourth-order valence-electron chi connectivity index (χ4n) is 18.1. The van der Waals surface area contributed by atoms with Crippen LogP contribution >= 0.6 is 11.3 Å². The lowest BCUT2D eigenvalue weighted by Gasteiger charge is -2.27. The van der Waals surface area contributed by atoms with Crippen LogP contribution in [0.5, 0.6) is 0 Å². The van der Waals surface area contributed by atoms with Gasteiger partial charge in [-0.25, -0.2) is 0 Å². The highest BCUT2D eigenvalue weighted by atomic mass is 32.1. The van der Waals surface area contributed by atoms with Crippen molar-refractivity contribution in [1.29, 1.82) is 0 Å². The van der Waals surface area contributed by atoms with Crippen LogP contribution in [-0.4, -0.2) is 0 Å². The van der Waals surface area contributed by atoms with E-state index in [0.29, 0.717) is 0 Å².